The number of piperidine rings is 1. The van der Waals surface area contributed by atoms with E-state index in [4.69, 9.17) is 0 Å². The molecule has 1 fully saturated rings. The maximum atomic E-state index is 12.0. The number of halogens is 1. The lowest BCUT2D eigenvalue weighted by molar-refractivity contribution is -0.124. The Morgan fingerprint density at radius 2 is 1.85 bits per heavy atom. The van der Waals surface area contributed by atoms with E-state index in [1.54, 1.807) is 0 Å². The van der Waals surface area contributed by atoms with Crippen LogP contribution in [0.25, 0.3) is 0 Å². The zero-order chi connectivity index (χ0) is 14.3. The minimum Gasteiger partial charge on any atom is -0.350 e. The maximum absolute atomic E-state index is 12.0. The van der Waals surface area contributed by atoms with Crippen molar-refractivity contribution in [3.63, 3.8) is 0 Å². The van der Waals surface area contributed by atoms with E-state index in [1.165, 1.54) is 12.8 Å². The number of nitrogens with zero attached hydrogens (tertiary/aromatic N) is 1. The molecule has 1 aliphatic heterocycles. The molecular weight excluding hydrogens is 274 g/mol. The van der Waals surface area contributed by atoms with Crippen LogP contribution < -0.4 is 10.6 Å². The highest BCUT2D eigenvalue weighted by atomic mass is 35.5. The molecule has 5 heteroatoms. The summed E-state index contributed by atoms with van der Waals surface area (Å²) in [6.07, 6.45) is 3.37. The molecule has 0 aromatic carbocycles. The highest BCUT2D eigenvalue weighted by molar-refractivity contribution is 5.85. The molecule has 1 heterocycles. The second-order valence-corrected chi connectivity index (χ2v) is 6.31. The van der Waals surface area contributed by atoms with Crippen molar-refractivity contribution in [2.45, 2.75) is 52.5 Å². The number of rotatable bonds is 7. The second kappa shape index (κ2) is 9.59. The monoisotopic (exact) mass is 305 g/mol. The summed E-state index contributed by atoms with van der Waals surface area (Å²) >= 11 is 0. The number of nitrogens with one attached hydrogen (secondary N) is 2. The standard InChI is InChI=1S/C15H31N3O.ClH/c1-5-15(3,4)17-14(19)12-18-9-7-13(8-10-18)11-16-6-2;/h13,16H,5-12H2,1-4H3,(H,17,19);1H. The maximum Gasteiger partial charge on any atom is 0.234 e. The quantitative estimate of drug-likeness (QED) is 0.756. The Kier molecular flexibility index (Phi) is 9.43. The van der Waals surface area contributed by atoms with Crippen LogP contribution in [-0.4, -0.2) is 49.1 Å². The summed E-state index contributed by atoms with van der Waals surface area (Å²) in [6.45, 7) is 13.2. The SMILES string of the molecule is CCNCC1CCN(CC(=O)NC(C)(C)CC)CC1.Cl. The second-order valence-electron chi connectivity index (χ2n) is 6.31. The molecule has 1 saturated heterocycles. The molecule has 0 aromatic rings. The molecule has 4 nitrogen and oxygen atoms in total. The van der Waals surface area contributed by atoms with Crippen LogP contribution in [0.2, 0.25) is 0 Å². The van der Waals surface area contributed by atoms with Crippen LogP contribution in [0.5, 0.6) is 0 Å². The van der Waals surface area contributed by atoms with Crippen molar-refractivity contribution in [1.29, 1.82) is 0 Å². The molecule has 0 aliphatic carbocycles. The van der Waals surface area contributed by atoms with Crippen molar-refractivity contribution >= 4 is 18.3 Å². The van der Waals surface area contributed by atoms with Gasteiger partial charge in [-0.25, -0.2) is 0 Å². The van der Waals surface area contributed by atoms with Crippen LogP contribution in [0.3, 0.4) is 0 Å². The van der Waals surface area contributed by atoms with Gasteiger partial charge in [0.1, 0.15) is 0 Å². The molecule has 1 rings (SSSR count). The van der Waals surface area contributed by atoms with Gasteiger partial charge in [0.25, 0.3) is 0 Å². The van der Waals surface area contributed by atoms with E-state index in [0.29, 0.717) is 6.54 Å². The van der Waals surface area contributed by atoms with Gasteiger partial charge in [0, 0.05) is 5.54 Å². The van der Waals surface area contributed by atoms with Gasteiger partial charge in [-0.1, -0.05) is 13.8 Å². The van der Waals surface area contributed by atoms with Gasteiger partial charge >= 0.3 is 0 Å². The zero-order valence-corrected chi connectivity index (χ0v) is 14.3. The van der Waals surface area contributed by atoms with E-state index < -0.39 is 0 Å². The summed E-state index contributed by atoms with van der Waals surface area (Å²) in [5, 5.41) is 6.52. The third-order valence-corrected chi connectivity index (χ3v) is 4.12. The molecule has 0 saturated carbocycles. The van der Waals surface area contributed by atoms with E-state index in [9.17, 15) is 4.79 Å². The number of carbonyl (C=O) groups excluding carboxylic acids is 1. The number of hydrogen-bond donors (Lipinski definition) is 2. The number of hydrogen-bond acceptors (Lipinski definition) is 3. The summed E-state index contributed by atoms with van der Waals surface area (Å²) in [4.78, 5) is 14.3. The van der Waals surface area contributed by atoms with Crippen molar-refractivity contribution in [2.75, 3.05) is 32.7 Å². The predicted molar refractivity (Wildman–Crippen MR) is 87.5 cm³/mol. The molecule has 0 spiro atoms. The highest BCUT2D eigenvalue weighted by Crippen LogP contribution is 2.16. The van der Waals surface area contributed by atoms with Gasteiger partial charge in [-0.3, -0.25) is 9.69 Å². The van der Waals surface area contributed by atoms with E-state index in [0.717, 1.165) is 38.5 Å². The lowest BCUT2D eigenvalue weighted by atomic mass is 9.96. The minimum absolute atomic E-state index is 0. The smallest absolute Gasteiger partial charge is 0.234 e. The summed E-state index contributed by atoms with van der Waals surface area (Å²) < 4.78 is 0. The molecule has 0 bridgehead atoms. The lowest BCUT2D eigenvalue weighted by Gasteiger charge is -2.33. The fourth-order valence-corrected chi connectivity index (χ4v) is 2.41. The van der Waals surface area contributed by atoms with E-state index in [1.807, 2.05) is 0 Å². The van der Waals surface area contributed by atoms with Gasteiger partial charge in [-0.15, -0.1) is 12.4 Å². The summed E-state index contributed by atoms with van der Waals surface area (Å²) in [6, 6.07) is 0. The van der Waals surface area contributed by atoms with Crippen LogP contribution in [0.15, 0.2) is 0 Å². The Morgan fingerprint density at radius 1 is 1.25 bits per heavy atom. The largest absolute Gasteiger partial charge is 0.350 e. The van der Waals surface area contributed by atoms with Crippen LogP contribution in [-0.2, 0) is 4.79 Å². The first kappa shape index (κ1) is 19.7. The first-order chi connectivity index (χ1) is 8.96. The van der Waals surface area contributed by atoms with Crippen molar-refractivity contribution in [3.8, 4) is 0 Å². The lowest BCUT2D eigenvalue weighted by Crippen LogP contribution is -2.49. The number of carbonyl (C=O) groups is 1. The van der Waals surface area contributed by atoms with Gasteiger partial charge in [0.05, 0.1) is 6.54 Å². The van der Waals surface area contributed by atoms with E-state index in [-0.39, 0.29) is 23.9 Å². The summed E-state index contributed by atoms with van der Waals surface area (Å²) in [5.41, 5.74) is -0.0829. The van der Waals surface area contributed by atoms with Crippen LogP contribution in [0, 0.1) is 5.92 Å². The van der Waals surface area contributed by atoms with Crippen LogP contribution in [0.4, 0.5) is 0 Å². The average molecular weight is 306 g/mol. The Balaban J connectivity index is 0.00000361. The molecule has 0 radical (unpaired) electrons. The minimum atomic E-state index is -0.0829. The van der Waals surface area contributed by atoms with E-state index >= 15 is 0 Å². The Hall–Kier alpha value is -0.320. The van der Waals surface area contributed by atoms with Crippen molar-refractivity contribution < 1.29 is 4.79 Å². The van der Waals surface area contributed by atoms with Gasteiger partial charge in [-0.05, 0) is 65.2 Å². The fraction of sp³-hybridized carbons (Fsp3) is 0.933. The molecule has 0 unspecified atom stereocenters. The molecule has 120 valence electrons. The molecule has 0 aromatic heterocycles. The van der Waals surface area contributed by atoms with Crippen LogP contribution >= 0.6 is 12.4 Å². The molecule has 1 aliphatic rings. The third kappa shape index (κ3) is 7.46. The zero-order valence-electron chi connectivity index (χ0n) is 13.5. The van der Waals surface area contributed by atoms with Crippen molar-refractivity contribution in [3.05, 3.63) is 0 Å². The first-order valence-corrected chi connectivity index (χ1v) is 7.71. The average Bonchev–Trinajstić information content (AvgIpc) is 2.37. The predicted octanol–water partition coefficient (Wildman–Crippen LogP) is 2.03. The number of amides is 1. The van der Waals surface area contributed by atoms with Gasteiger partial charge in [0.15, 0.2) is 0 Å². The van der Waals surface area contributed by atoms with Gasteiger partial charge in [-0.2, -0.15) is 0 Å². The molecule has 20 heavy (non-hydrogen) atoms. The van der Waals surface area contributed by atoms with Crippen molar-refractivity contribution in [2.24, 2.45) is 5.92 Å². The third-order valence-electron chi connectivity index (χ3n) is 4.12. The van der Waals surface area contributed by atoms with Crippen LogP contribution in [0.1, 0.15) is 47.0 Å². The summed E-state index contributed by atoms with van der Waals surface area (Å²) in [5.74, 6) is 0.948. The molecule has 0 atom stereocenters. The Morgan fingerprint density at radius 3 is 2.35 bits per heavy atom. The van der Waals surface area contributed by atoms with Gasteiger partial charge < -0.3 is 10.6 Å². The van der Waals surface area contributed by atoms with Crippen molar-refractivity contribution in [1.82, 2.24) is 15.5 Å². The molecule has 1 amide bonds. The Bertz CT molecular complexity index is 276. The van der Waals surface area contributed by atoms with E-state index in [2.05, 4.69) is 43.2 Å². The first-order valence-electron chi connectivity index (χ1n) is 7.71. The normalized spacial score (nSPS) is 17.6. The fourth-order valence-electron chi connectivity index (χ4n) is 2.41. The molecule has 2 N–H and O–H groups in total. The molecular formula is C15H32ClN3O. The Labute approximate surface area is 130 Å². The summed E-state index contributed by atoms with van der Waals surface area (Å²) in [7, 11) is 0. The highest BCUT2D eigenvalue weighted by Gasteiger charge is 2.23. The van der Waals surface area contributed by atoms with Gasteiger partial charge in [0.2, 0.25) is 5.91 Å². The topological polar surface area (TPSA) is 44.4 Å². The number of likely N-dealkylation sites (tertiary alicyclic amines) is 1.